The molecule has 0 aliphatic carbocycles. The molecule has 0 bridgehead atoms. The number of hydrogen-bond acceptors (Lipinski definition) is 5. The van der Waals surface area contributed by atoms with Crippen LogP contribution in [0, 0.1) is 40.9 Å². The Labute approximate surface area is 145 Å². The number of aryl methyl sites for hydroxylation is 1. The van der Waals surface area contributed by atoms with Crippen LogP contribution in [0.25, 0.3) is 0 Å². The second kappa shape index (κ2) is 7.97. The Morgan fingerprint density at radius 3 is 2.12 bits per heavy atom. The number of rotatable bonds is 4. The zero-order chi connectivity index (χ0) is 18.2. The minimum atomic E-state index is -0.375. The minimum Gasteiger partial charge on any atom is -0.344 e. The van der Waals surface area contributed by atoms with Crippen LogP contribution in [0.15, 0.2) is 59.8 Å². The number of para-hydroxylation sites is 1. The molecule has 0 heterocycles. The van der Waals surface area contributed by atoms with Crippen LogP contribution < -0.4 is 10.6 Å². The first-order valence-corrected chi connectivity index (χ1v) is 7.27. The van der Waals surface area contributed by atoms with Crippen molar-refractivity contribution in [1.82, 2.24) is 0 Å². The summed E-state index contributed by atoms with van der Waals surface area (Å²) >= 11 is 0. The van der Waals surface area contributed by atoms with Crippen LogP contribution in [0.2, 0.25) is 0 Å². The van der Waals surface area contributed by atoms with E-state index in [1.165, 1.54) is 0 Å². The van der Waals surface area contributed by atoms with Crippen molar-refractivity contribution in [2.75, 3.05) is 10.6 Å². The standard InChI is InChI=1S/C19H13N5O/c1-13-6-8-15(9-7-13)23-19(25)16-4-2-3-5-17(16)24-18(12-22)14(10-20)11-21/h2-9,24H,1H3,(H,23,25). The van der Waals surface area contributed by atoms with Gasteiger partial charge in [-0.25, -0.2) is 0 Å². The van der Waals surface area contributed by atoms with Crippen LogP contribution in [-0.4, -0.2) is 5.91 Å². The van der Waals surface area contributed by atoms with Gasteiger partial charge in [0, 0.05) is 5.69 Å². The lowest BCUT2D eigenvalue weighted by Crippen LogP contribution is -2.15. The van der Waals surface area contributed by atoms with E-state index in [1.807, 2.05) is 19.1 Å². The Morgan fingerprint density at radius 2 is 1.52 bits per heavy atom. The first-order valence-electron chi connectivity index (χ1n) is 7.27. The lowest BCUT2D eigenvalue weighted by Gasteiger charge is -2.11. The van der Waals surface area contributed by atoms with Crippen LogP contribution in [0.3, 0.4) is 0 Å². The Bertz CT molecular complexity index is 937. The Balaban J connectivity index is 2.32. The predicted octanol–water partition coefficient (Wildman–Crippen LogP) is 3.48. The zero-order valence-electron chi connectivity index (χ0n) is 13.4. The maximum Gasteiger partial charge on any atom is 0.257 e. The lowest BCUT2D eigenvalue weighted by molar-refractivity contribution is 0.102. The number of carbonyl (C=O) groups is 1. The third kappa shape index (κ3) is 4.22. The highest BCUT2D eigenvalue weighted by Crippen LogP contribution is 2.20. The summed E-state index contributed by atoms with van der Waals surface area (Å²) in [5.41, 5.74) is 1.76. The van der Waals surface area contributed by atoms with E-state index in [0.717, 1.165) is 5.56 Å². The van der Waals surface area contributed by atoms with E-state index >= 15 is 0 Å². The van der Waals surface area contributed by atoms with Crippen LogP contribution in [0.1, 0.15) is 15.9 Å². The molecule has 6 heteroatoms. The van der Waals surface area contributed by atoms with Crippen molar-refractivity contribution in [2.24, 2.45) is 0 Å². The summed E-state index contributed by atoms with van der Waals surface area (Å²) in [7, 11) is 0. The molecule has 0 radical (unpaired) electrons. The average Bonchev–Trinajstić information content (AvgIpc) is 2.64. The molecule has 0 aliphatic heterocycles. The summed E-state index contributed by atoms with van der Waals surface area (Å²) in [5.74, 6) is -0.375. The van der Waals surface area contributed by atoms with E-state index < -0.39 is 0 Å². The van der Waals surface area contributed by atoms with E-state index in [4.69, 9.17) is 15.8 Å². The molecule has 0 unspecified atom stereocenters. The van der Waals surface area contributed by atoms with E-state index in [2.05, 4.69) is 10.6 Å². The number of benzene rings is 2. The monoisotopic (exact) mass is 327 g/mol. The number of anilines is 2. The van der Waals surface area contributed by atoms with E-state index in [0.29, 0.717) is 11.4 Å². The van der Waals surface area contributed by atoms with E-state index in [9.17, 15) is 4.79 Å². The molecule has 120 valence electrons. The number of nitriles is 3. The Hall–Kier alpha value is -4.08. The van der Waals surface area contributed by atoms with Gasteiger partial charge in [-0.15, -0.1) is 0 Å². The number of allylic oxidation sites excluding steroid dienone is 2. The molecule has 2 N–H and O–H groups in total. The van der Waals surface area contributed by atoms with Gasteiger partial charge in [0.15, 0.2) is 5.57 Å². The van der Waals surface area contributed by atoms with Gasteiger partial charge >= 0.3 is 0 Å². The second-order valence-electron chi connectivity index (χ2n) is 5.08. The number of nitrogens with one attached hydrogen (secondary N) is 2. The summed E-state index contributed by atoms with van der Waals surface area (Å²) < 4.78 is 0. The van der Waals surface area contributed by atoms with Crippen LogP contribution >= 0.6 is 0 Å². The number of hydrogen-bond donors (Lipinski definition) is 2. The zero-order valence-corrected chi connectivity index (χ0v) is 13.4. The average molecular weight is 327 g/mol. The van der Waals surface area contributed by atoms with Crippen molar-refractivity contribution in [3.8, 4) is 18.2 Å². The summed E-state index contributed by atoms with van der Waals surface area (Å²) in [6, 6.07) is 18.9. The molecule has 1 amide bonds. The van der Waals surface area contributed by atoms with E-state index in [1.54, 1.807) is 54.6 Å². The van der Waals surface area contributed by atoms with Gasteiger partial charge in [-0.05, 0) is 31.2 Å². The van der Waals surface area contributed by atoms with Gasteiger partial charge in [0.25, 0.3) is 5.91 Å². The van der Waals surface area contributed by atoms with Crippen molar-refractivity contribution in [1.29, 1.82) is 15.8 Å². The van der Waals surface area contributed by atoms with Gasteiger partial charge in [0.05, 0.1) is 11.3 Å². The highest BCUT2D eigenvalue weighted by Gasteiger charge is 2.14. The highest BCUT2D eigenvalue weighted by molar-refractivity contribution is 6.08. The number of nitrogens with zero attached hydrogens (tertiary/aromatic N) is 3. The molecule has 6 nitrogen and oxygen atoms in total. The first kappa shape index (κ1) is 17.3. The molecule has 0 saturated heterocycles. The topological polar surface area (TPSA) is 112 Å². The third-order valence-corrected chi connectivity index (χ3v) is 3.33. The predicted molar refractivity (Wildman–Crippen MR) is 93.1 cm³/mol. The first-order chi connectivity index (χ1) is 12.1. The molecule has 0 aromatic heterocycles. The molecule has 0 fully saturated rings. The van der Waals surface area contributed by atoms with Crippen LogP contribution in [0.5, 0.6) is 0 Å². The fraction of sp³-hybridized carbons (Fsp3) is 0.0526. The van der Waals surface area contributed by atoms with Crippen molar-refractivity contribution < 1.29 is 4.79 Å². The number of carbonyl (C=O) groups excluding carboxylic acids is 1. The van der Waals surface area contributed by atoms with Crippen molar-refractivity contribution in [2.45, 2.75) is 6.92 Å². The molecule has 0 aliphatic rings. The van der Waals surface area contributed by atoms with Crippen molar-refractivity contribution >= 4 is 17.3 Å². The van der Waals surface area contributed by atoms with Gasteiger partial charge in [-0.1, -0.05) is 29.8 Å². The summed E-state index contributed by atoms with van der Waals surface area (Å²) in [4.78, 5) is 12.5. The SMILES string of the molecule is Cc1ccc(NC(=O)c2ccccc2NC(C#N)=C(C#N)C#N)cc1. The molecule has 2 rings (SSSR count). The largest absolute Gasteiger partial charge is 0.344 e. The molecule has 0 saturated carbocycles. The van der Waals surface area contributed by atoms with Gasteiger partial charge < -0.3 is 10.6 Å². The Morgan fingerprint density at radius 1 is 0.880 bits per heavy atom. The molecular weight excluding hydrogens is 314 g/mol. The summed E-state index contributed by atoms with van der Waals surface area (Å²) in [5, 5.41) is 32.4. The number of amides is 1. The fourth-order valence-corrected chi connectivity index (χ4v) is 2.04. The molecular formula is C19H13N5O. The van der Waals surface area contributed by atoms with Crippen LogP contribution in [0.4, 0.5) is 11.4 Å². The Kier molecular flexibility index (Phi) is 5.50. The maximum absolute atomic E-state index is 12.5. The maximum atomic E-state index is 12.5. The van der Waals surface area contributed by atoms with Gasteiger partial charge in [-0.3, -0.25) is 4.79 Å². The smallest absolute Gasteiger partial charge is 0.257 e. The molecule has 2 aromatic carbocycles. The van der Waals surface area contributed by atoms with Gasteiger partial charge in [0.1, 0.15) is 23.9 Å². The van der Waals surface area contributed by atoms with Gasteiger partial charge in [0.2, 0.25) is 0 Å². The third-order valence-electron chi connectivity index (χ3n) is 3.33. The quantitative estimate of drug-likeness (QED) is 0.835. The fourth-order valence-electron chi connectivity index (χ4n) is 2.04. The van der Waals surface area contributed by atoms with Crippen LogP contribution in [-0.2, 0) is 0 Å². The van der Waals surface area contributed by atoms with Crippen molar-refractivity contribution in [3.63, 3.8) is 0 Å². The molecule has 0 spiro atoms. The van der Waals surface area contributed by atoms with Gasteiger partial charge in [-0.2, -0.15) is 15.8 Å². The highest BCUT2D eigenvalue weighted by atomic mass is 16.1. The molecule has 0 atom stereocenters. The summed E-state index contributed by atoms with van der Waals surface area (Å²) in [6.45, 7) is 1.95. The summed E-state index contributed by atoms with van der Waals surface area (Å²) in [6.07, 6.45) is 0. The molecule has 25 heavy (non-hydrogen) atoms. The lowest BCUT2D eigenvalue weighted by atomic mass is 10.1. The normalized spacial score (nSPS) is 9.04. The van der Waals surface area contributed by atoms with E-state index in [-0.39, 0.29) is 22.7 Å². The van der Waals surface area contributed by atoms with Crippen molar-refractivity contribution in [3.05, 3.63) is 70.9 Å². The minimum absolute atomic E-state index is 0.208. The second-order valence-corrected chi connectivity index (χ2v) is 5.08. The molecule has 2 aromatic rings.